The summed E-state index contributed by atoms with van der Waals surface area (Å²) in [5, 5.41) is 3.33. The number of hydrogen-bond acceptors (Lipinski definition) is 3. The first kappa shape index (κ1) is 18.0. The Morgan fingerprint density at radius 2 is 1.90 bits per heavy atom. The molecule has 1 saturated heterocycles. The van der Waals surface area contributed by atoms with E-state index in [-0.39, 0.29) is 17.4 Å². The van der Waals surface area contributed by atoms with E-state index in [9.17, 15) is 4.79 Å². The lowest BCUT2D eigenvalue weighted by Gasteiger charge is -2.49. The van der Waals surface area contributed by atoms with Crippen molar-refractivity contribution in [2.75, 3.05) is 11.4 Å². The van der Waals surface area contributed by atoms with Gasteiger partial charge in [0.25, 0.3) is 0 Å². The molecule has 0 saturated carbocycles. The smallest absolute Gasteiger partial charge is 0.223 e. The Morgan fingerprint density at radius 3 is 2.76 bits per heavy atom. The molecule has 1 N–H and O–H groups in total. The van der Waals surface area contributed by atoms with Gasteiger partial charge >= 0.3 is 0 Å². The molecular formula is C25H26N2O2. The van der Waals surface area contributed by atoms with E-state index in [0.29, 0.717) is 13.0 Å². The number of fused-ring (bicyclic) bond motifs is 4. The van der Waals surface area contributed by atoms with Gasteiger partial charge in [-0.3, -0.25) is 4.79 Å². The molecule has 3 aliphatic heterocycles. The third kappa shape index (κ3) is 2.55. The molecule has 1 amide bonds. The van der Waals surface area contributed by atoms with Gasteiger partial charge in [0.2, 0.25) is 5.91 Å². The summed E-state index contributed by atoms with van der Waals surface area (Å²) in [5.74, 6) is 1.01. The predicted molar refractivity (Wildman–Crippen MR) is 116 cm³/mol. The third-order valence-electron chi connectivity index (χ3n) is 6.67. The number of benzene rings is 2. The molecule has 0 aliphatic carbocycles. The summed E-state index contributed by atoms with van der Waals surface area (Å²) in [6, 6.07) is 16.6. The Kier molecular flexibility index (Phi) is 3.89. The van der Waals surface area contributed by atoms with Crippen molar-refractivity contribution in [3.63, 3.8) is 0 Å². The molecular weight excluding hydrogens is 360 g/mol. The lowest BCUT2D eigenvalue weighted by Crippen LogP contribution is -2.68. The van der Waals surface area contributed by atoms with Crippen molar-refractivity contribution < 1.29 is 9.53 Å². The zero-order chi connectivity index (χ0) is 20.2. The van der Waals surface area contributed by atoms with E-state index >= 15 is 0 Å². The molecule has 2 aromatic carbocycles. The Bertz CT molecular complexity index is 1050. The number of carbonyl (C=O) groups is 1. The molecule has 5 rings (SSSR count). The second kappa shape index (κ2) is 6.24. The van der Waals surface area contributed by atoms with Crippen LogP contribution in [0.2, 0.25) is 0 Å². The molecule has 29 heavy (non-hydrogen) atoms. The molecule has 148 valence electrons. The Morgan fingerprint density at radius 1 is 1.14 bits per heavy atom. The van der Waals surface area contributed by atoms with Crippen molar-refractivity contribution in [3.05, 3.63) is 77.4 Å². The fourth-order valence-corrected chi connectivity index (χ4v) is 4.98. The van der Waals surface area contributed by atoms with Gasteiger partial charge in [-0.1, -0.05) is 56.3 Å². The maximum atomic E-state index is 12.5. The number of para-hydroxylation sites is 2. The molecule has 0 bridgehead atoms. The summed E-state index contributed by atoms with van der Waals surface area (Å²) in [4.78, 5) is 14.9. The van der Waals surface area contributed by atoms with Crippen LogP contribution in [0.5, 0.6) is 5.75 Å². The normalized spacial score (nSPS) is 26.9. The second-order valence-electron chi connectivity index (χ2n) is 8.63. The third-order valence-corrected chi connectivity index (χ3v) is 6.67. The Hall–Kier alpha value is -3.01. The van der Waals surface area contributed by atoms with Crippen LogP contribution in [-0.2, 0) is 10.2 Å². The molecule has 0 spiro atoms. The van der Waals surface area contributed by atoms with E-state index in [1.165, 1.54) is 11.3 Å². The van der Waals surface area contributed by atoms with Crippen LogP contribution in [0.4, 0.5) is 5.69 Å². The maximum absolute atomic E-state index is 12.5. The summed E-state index contributed by atoms with van der Waals surface area (Å²) in [7, 11) is 0. The molecule has 2 atom stereocenters. The molecule has 4 heteroatoms. The van der Waals surface area contributed by atoms with Gasteiger partial charge in [0.05, 0.1) is 0 Å². The first-order valence-corrected chi connectivity index (χ1v) is 10.3. The molecule has 1 fully saturated rings. The summed E-state index contributed by atoms with van der Waals surface area (Å²) < 4.78 is 6.11. The van der Waals surface area contributed by atoms with E-state index in [1.807, 2.05) is 18.2 Å². The van der Waals surface area contributed by atoms with Gasteiger partial charge in [-0.05, 0) is 42.3 Å². The van der Waals surface area contributed by atoms with Gasteiger partial charge < -0.3 is 15.0 Å². The number of nitrogens with zero attached hydrogens (tertiary/aromatic N) is 1. The second-order valence-corrected chi connectivity index (χ2v) is 8.63. The fourth-order valence-electron chi connectivity index (χ4n) is 4.98. The highest BCUT2D eigenvalue weighted by Crippen LogP contribution is 2.52. The highest BCUT2D eigenvalue weighted by atomic mass is 16.5. The molecule has 0 aromatic heterocycles. The van der Waals surface area contributed by atoms with E-state index in [4.69, 9.17) is 4.74 Å². The number of hydrogen-bond donors (Lipinski definition) is 1. The standard InChI is InChI=1S/C25H26N2O2/c1-17-18(16-19-8-4-7-11-22(19)29-17)12-14-25-24(2,3)20-9-5-6-10-21(20)27(25)15-13-23(28)26-25/h4-12,14,16-17H,13,15H2,1-3H3,(H,26,28)/b14-12+/t17-,25-/m1/s1. The zero-order valence-electron chi connectivity index (χ0n) is 17.1. The topological polar surface area (TPSA) is 41.6 Å². The van der Waals surface area contributed by atoms with Gasteiger partial charge in [-0.2, -0.15) is 0 Å². The molecule has 4 nitrogen and oxygen atoms in total. The summed E-state index contributed by atoms with van der Waals surface area (Å²) in [6.45, 7) is 7.21. The van der Waals surface area contributed by atoms with Gasteiger partial charge in [0.15, 0.2) is 0 Å². The Labute approximate surface area is 171 Å². The number of amides is 1. The van der Waals surface area contributed by atoms with Crippen LogP contribution < -0.4 is 15.0 Å². The van der Waals surface area contributed by atoms with Crippen LogP contribution >= 0.6 is 0 Å². The number of anilines is 1. The van der Waals surface area contributed by atoms with Crippen LogP contribution in [0.25, 0.3) is 6.08 Å². The van der Waals surface area contributed by atoms with Crippen molar-refractivity contribution in [1.29, 1.82) is 0 Å². The van der Waals surface area contributed by atoms with Crippen molar-refractivity contribution in [2.24, 2.45) is 0 Å². The average molecular weight is 386 g/mol. The van der Waals surface area contributed by atoms with Crippen LogP contribution in [0, 0.1) is 0 Å². The van der Waals surface area contributed by atoms with Gasteiger partial charge in [0, 0.05) is 29.6 Å². The minimum absolute atomic E-state index is 0.0443. The van der Waals surface area contributed by atoms with Gasteiger partial charge in [0.1, 0.15) is 17.5 Å². The lowest BCUT2D eigenvalue weighted by atomic mass is 9.74. The SMILES string of the molecule is C[C@H]1Oc2ccccc2C=C1/C=C/[C@@]12NC(=O)CCN1c1ccccc1C2(C)C. The number of rotatable bonds is 2. The van der Waals surface area contributed by atoms with Crippen molar-refractivity contribution in [2.45, 2.75) is 44.4 Å². The monoisotopic (exact) mass is 386 g/mol. The van der Waals surface area contributed by atoms with Gasteiger partial charge in [-0.25, -0.2) is 0 Å². The zero-order valence-corrected chi connectivity index (χ0v) is 17.1. The van der Waals surface area contributed by atoms with Crippen molar-refractivity contribution in [3.8, 4) is 5.75 Å². The van der Waals surface area contributed by atoms with Crippen LogP contribution in [0.15, 0.2) is 66.3 Å². The van der Waals surface area contributed by atoms with E-state index in [2.05, 4.69) is 79.5 Å². The molecule has 2 aromatic rings. The highest BCUT2D eigenvalue weighted by molar-refractivity contribution is 5.84. The molecule has 0 unspecified atom stereocenters. The van der Waals surface area contributed by atoms with E-state index in [1.54, 1.807) is 0 Å². The first-order valence-electron chi connectivity index (χ1n) is 10.3. The van der Waals surface area contributed by atoms with Crippen LogP contribution in [0.1, 0.15) is 38.3 Å². The number of carbonyl (C=O) groups excluding carboxylic acids is 1. The van der Waals surface area contributed by atoms with E-state index < -0.39 is 5.66 Å². The summed E-state index contributed by atoms with van der Waals surface area (Å²) in [5.41, 5.74) is 3.79. The predicted octanol–water partition coefficient (Wildman–Crippen LogP) is 4.42. The molecule has 0 radical (unpaired) electrons. The fraction of sp³-hybridized carbons (Fsp3) is 0.320. The lowest BCUT2D eigenvalue weighted by molar-refractivity contribution is -0.124. The average Bonchev–Trinajstić information content (AvgIpc) is 2.90. The molecule has 3 aliphatic rings. The van der Waals surface area contributed by atoms with Crippen LogP contribution in [-0.4, -0.2) is 24.2 Å². The first-order chi connectivity index (χ1) is 13.9. The van der Waals surface area contributed by atoms with E-state index in [0.717, 1.165) is 16.9 Å². The van der Waals surface area contributed by atoms with Gasteiger partial charge in [-0.15, -0.1) is 0 Å². The summed E-state index contributed by atoms with van der Waals surface area (Å²) in [6.07, 6.45) is 6.95. The van der Waals surface area contributed by atoms with Crippen molar-refractivity contribution in [1.82, 2.24) is 5.32 Å². The minimum Gasteiger partial charge on any atom is -0.485 e. The quantitative estimate of drug-likeness (QED) is 0.831. The maximum Gasteiger partial charge on any atom is 0.223 e. The number of nitrogens with one attached hydrogen (secondary N) is 1. The Balaban J connectivity index is 1.60. The van der Waals surface area contributed by atoms with Crippen molar-refractivity contribution >= 4 is 17.7 Å². The summed E-state index contributed by atoms with van der Waals surface area (Å²) >= 11 is 0. The number of ether oxygens (including phenoxy) is 1. The van der Waals surface area contributed by atoms with Crippen LogP contribution in [0.3, 0.4) is 0 Å². The largest absolute Gasteiger partial charge is 0.485 e. The molecule has 3 heterocycles. The minimum atomic E-state index is -0.594. The highest BCUT2D eigenvalue weighted by Gasteiger charge is 2.57.